The molecule has 21 heavy (non-hydrogen) atoms. The second-order valence-electron chi connectivity index (χ2n) is 4.30. The number of carbonyl (C=O) groups is 1. The third-order valence-electron chi connectivity index (χ3n) is 2.68. The maximum atomic E-state index is 12.0. The van der Waals surface area contributed by atoms with Crippen LogP contribution < -0.4 is 5.32 Å². The van der Waals surface area contributed by atoms with Crippen molar-refractivity contribution >= 4 is 46.3 Å². The average Bonchev–Trinajstić information content (AvgIpc) is 2.42. The molecule has 0 aliphatic heterocycles. The van der Waals surface area contributed by atoms with Crippen molar-refractivity contribution in [3.8, 4) is 0 Å². The lowest BCUT2D eigenvalue weighted by molar-refractivity contribution is 0.104. The topological polar surface area (TPSA) is 42.0 Å². The number of benzene rings is 1. The summed E-state index contributed by atoms with van der Waals surface area (Å²) < 4.78 is 0. The van der Waals surface area contributed by atoms with E-state index >= 15 is 0 Å². The van der Waals surface area contributed by atoms with Gasteiger partial charge in [-0.1, -0.05) is 40.9 Å². The highest BCUT2D eigenvalue weighted by Gasteiger charge is 2.09. The van der Waals surface area contributed by atoms with Gasteiger partial charge in [0.25, 0.3) is 0 Å². The number of nitrogens with one attached hydrogen (secondary N) is 1. The summed E-state index contributed by atoms with van der Waals surface area (Å²) in [6, 6.07) is 8.62. The Bertz CT molecular complexity index is 714. The second kappa shape index (κ2) is 6.94. The van der Waals surface area contributed by atoms with Gasteiger partial charge in [0.15, 0.2) is 5.78 Å². The zero-order valence-electron chi connectivity index (χ0n) is 11.0. The first kappa shape index (κ1) is 15.8. The van der Waals surface area contributed by atoms with Crippen LogP contribution in [0.1, 0.15) is 15.9 Å². The summed E-state index contributed by atoms with van der Waals surface area (Å²) in [6.07, 6.45) is 2.86. The Balaban J connectivity index is 2.10. The van der Waals surface area contributed by atoms with Gasteiger partial charge in [0.1, 0.15) is 10.3 Å². The first-order valence-electron chi connectivity index (χ1n) is 6.03. The number of allylic oxidation sites excluding steroid dienone is 1. The number of hydrogen-bond acceptors (Lipinski definition) is 3. The molecule has 2 rings (SSSR count). The third kappa shape index (κ3) is 4.21. The van der Waals surface area contributed by atoms with Gasteiger partial charge < -0.3 is 5.32 Å². The molecular weight excluding hydrogens is 331 g/mol. The van der Waals surface area contributed by atoms with Crippen LogP contribution in [0.4, 0.5) is 5.69 Å². The van der Waals surface area contributed by atoms with Crippen LogP contribution >= 0.6 is 34.8 Å². The van der Waals surface area contributed by atoms with Crippen molar-refractivity contribution < 1.29 is 4.79 Å². The predicted molar refractivity (Wildman–Crippen MR) is 87.5 cm³/mol. The standard InChI is InChI=1S/C15H11Cl3N2O/c1-9-2-4-11(16)12(8-9)19-7-6-13(21)10-3-5-14(17)20-15(10)18/h2-8,19H,1H3. The van der Waals surface area contributed by atoms with Crippen molar-refractivity contribution in [1.82, 2.24) is 4.98 Å². The number of aromatic nitrogens is 1. The number of rotatable bonds is 4. The SMILES string of the molecule is Cc1ccc(Cl)c(NC=CC(=O)c2ccc(Cl)nc2Cl)c1. The monoisotopic (exact) mass is 340 g/mol. The molecule has 0 atom stereocenters. The molecular formula is C15H11Cl3N2O. The fourth-order valence-corrected chi connectivity index (χ4v) is 2.25. The number of ketones is 1. The van der Waals surface area contributed by atoms with Gasteiger partial charge in [-0.2, -0.15) is 0 Å². The number of anilines is 1. The molecule has 108 valence electrons. The summed E-state index contributed by atoms with van der Waals surface area (Å²) in [5.41, 5.74) is 2.07. The minimum Gasteiger partial charge on any atom is -0.360 e. The van der Waals surface area contributed by atoms with Crippen LogP contribution in [0.2, 0.25) is 15.3 Å². The molecule has 2 aromatic rings. The quantitative estimate of drug-likeness (QED) is 0.474. The van der Waals surface area contributed by atoms with Crippen molar-refractivity contribution in [2.75, 3.05) is 5.32 Å². The molecule has 1 aromatic carbocycles. The van der Waals surface area contributed by atoms with E-state index in [1.807, 2.05) is 19.1 Å². The molecule has 0 aliphatic carbocycles. The van der Waals surface area contributed by atoms with Crippen LogP contribution in [0.15, 0.2) is 42.6 Å². The molecule has 0 aliphatic rings. The Hall–Kier alpha value is -1.55. The van der Waals surface area contributed by atoms with E-state index in [9.17, 15) is 4.79 Å². The number of pyridine rings is 1. The van der Waals surface area contributed by atoms with Gasteiger partial charge in [0, 0.05) is 12.3 Å². The number of nitrogens with zero attached hydrogens (tertiary/aromatic N) is 1. The van der Waals surface area contributed by atoms with E-state index in [0.29, 0.717) is 5.02 Å². The van der Waals surface area contributed by atoms with Crippen LogP contribution in [0.5, 0.6) is 0 Å². The molecule has 0 saturated carbocycles. The van der Waals surface area contributed by atoms with Crippen molar-refractivity contribution in [3.05, 3.63) is 69.1 Å². The lowest BCUT2D eigenvalue weighted by atomic mass is 10.2. The minimum absolute atomic E-state index is 0.0748. The summed E-state index contributed by atoms with van der Waals surface area (Å²) in [5.74, 6) is -0.277. The molecule has 6 heteroatoms. The molecule has 3 nitrogen and oxygen atoms in total. The van der Waals surface area contributed by atoms with Gasteiger partial charge >= 0.3 is 0 Å². The molecule has 0 fully saturated rings. The zero-order chi connectivity index (χ0) is 15.4. The molecule has 0 spiro atoms. The molecule has 0 radical (unpaired) electrons. The normalized spacial score (nSPS) is 10.9. The number of hydrogen-bond donors (Lipinski definition) is 1. The maximum absolute atomic E-state index is 12.0. The highest BCUT2D eigenvalue weighted by Crippen LogP contribution is 2.23. The summed E-state index contributed by atoms with van der Waals surface area (Å²) in [6.45, 7) is 1.95. The fraction of sp³-hybridized carbons (Fsp3) is 0.0667. The van der Waals surface area contributed by atoms with Crippen LogP contribution in [0.25, 0.3) is 0 Å². The summed E-state index contributed by atoms with van der Waals surface area (Å²) in [4.78, 5) is 15.8. The van der Waals surface area contributed by atoms with E-state index in [1.165, 1.54) is 24.4 Å². The predicted octanol–water partition coefficient (Wildman–Crippen LogP) is 5.16. The number of halogens is 3. The summed E-state index contributed by atoms with van der Waals surface area (Å²) in [7, 11) is 0. The lowest BCUT2D eigenvalue weighted by Crippen LogP contribution is -1.99. The van der Waals surface area contributed by atoms with Gasteiger partial charge in [-0.05, 0) is 36.8 Å². The Morgan fingerprint density at radius 3 is 2.67 bits per heavy atom. The van der Waals surface area contributed by atoms with E-state index in [0.717, 1.165) is 11.3 Å². The first-order valence-corrected chi connectivity index (χ1v) is 7.16. The van der Waals surface area contributed by atoms with E-state index < -0.39 is 0 Å². The molecule has 0 saturated heterocycles. The van der Waals surface area contributed by atoms with Gasteiger partial charge in [0.05, 0.1) is 16.3 Å². The minimum atomic E-state index is -0.277. The number of carbonyl (C=O) groups excluding carboxylic acids is 1. The Morgan fingerprint density at radius 1 is 1.19 bits per heavy atom. The third-order valence-corrected chi connectivity index (χ3v) is 3.50. The second-order valence-corrected chi connectivity index (χ2v) is 5.45. The van der Waals surface area contributed by atoms with Crippen molar-refractivity contribution in [1.29, 1.82) is 0 Å². The Morgan fingerprint density at radius 2 is 1.95 bits per heavy atom. The molecule has 0 unspecified atom stereocenters. The zero-order valence-corrected chi connectivity index (χ0v) is 13.3. The van der Waals surface area contributed by atoms with E-state index in [-0.39, 0.29) is 21.7 Å². The van der Waals surface area contributed by atoms with E-state index in [2.05, 4.69) is 10.3 Å². The Labute approximate surface area is 137 Å². The van der Waals surface area contributed by atoms with Crippen molar-refractivity contribution in [2.24, 2.45) is 0 Å². The number of aryl methyl sites for hydroxylation is 1. The van der Waals surface area contributed by atoms with Gasteiger partial charge in [0.2, 0.25) is 0 Å². The van der Waals surface area contributed by atoms with Crippen LogP contribution in [0, 0.1) is 6.92 Å². The molecule has 0 amide bonds. The first-order chi connectivity index (χ1) is 9.97. The lowest BCUT2D eigenvalue weighted by Gasteiger charge is -2.05. The summed E-state index contributed by atoms with van der Waals surface area (Å²) >= 11 is 17.6. The van der Waals surface area contributed by atoms with E-state index in [1.54, 1.807) is 6.07 Å². The molecule has 1 N–H and O–H groups in total. The largest absolute Gasteiger partial charge is 0.360 e. The smallest absolute Gasteiger partial charge is 0.190 e. The van der Waals surface area contributed by atoms with Crippen molar-refractivity contribution in [3.63, 3.8) is 0 Å². The highest BCUT2D eigenvalue weighted by atomic mass is 35.5. The van der Waals surface area contributed by atoms with Crippen LogP contribution in [0.3, 0.4) is 0 Å². The van der Waals surface area contributed by atoms with Gasteiger partial charge in [-0.25, -0.2) is 4.98 Å². The Kier molecular flexibility index (Phi) is 5.23. The van der Waals surface area contributed by atoms with Gasteiger partial charge in [-0.15, -0.1) is 0 Å². The van der Waals surface area contributed by atoms with Gasteiger partial charge in [-0.3, -0.25) is 4.79 Å². The average molecular weight is 342 g/mol. The molecule has 1 heterocycles. The van der Waals surface area contributed by atoms with Crippen molar-refractivity contribution in [2.45, 2.75) is 6.92 Å². The molecule has 1 aromatic heterocycles. The fourth-order valence-electron chi connectivity index (χ4n) is 1.64. The highest BCUT2D eigenvalue weighted by molar-refractivity contribution is 6.35. The maximum Gasteiger partial charge on any atom is 0.190 e. The van der Waals surface area contributed by atoms with Crippen LogP contribution in [-0.4, -0.2) is 10.8 Å². The summed E-state index contributed by atoms with van der Waals surface area (Å²) in [5, 5.41) is 3.85. The molecule has 0 bridgehead atoms. The van der Waals surface area contributed by atoms with Crippen LogP contribution in [-0.2, 0) is 0 Å². The van der Waals surface area contributed by atoms with E-state index in [4.69, 9.17) is 34.8 Å².